The first-order valence-corrected chi connectivity index (χ1v) is 13.6. The van der Waals surface area contributed by atoms with Crippen LogP contribution >= 0.6 is 10.2 Å². The highest BCUT2D eigenvalue weighted by Crippen LogP contribution is 3.02. The van der Waals surface area contributed by atoms with Gasteiger partial charge in [0.05, 0.1) is 17.3 Å². The summed E-state index contributed by atoms with van der Waals surface area (Å²) in [6.07, 6.45) is 3.35. The van der Waals surface area contributed by atoms with E-state index in [-0.39, 0.29) is 37.1 Å². The summed E-state index contributed by atoms with van der Waals surface area (Å²) in [6.45, 7) is 1.47. The standard InChI is InChI=1S/C23H24F6N4O3S/c24-17-12-30-22-20(31-21(32-22)14-5-9-36-10-6-14)19(17)13-3-7-33(8-4-13)23(35)16-2-1-15(11-18(16)34)37(25,26,27,28)29/h1-2,11-14,34H,3-10H2,(H,30,31,32). The van der Waals surface area contributed by atoms with Gasteiger partial charge in [0.2, 0.25) is 0 Å². The fourth-order valence-corrected chi connectivity index (χ4v) is 5.67. The highest BCUT2D eigenvalue weighted by Gasteiger charge is 2.65. The second-order valence-corrected chi connectivity index (χ2v) is 11.9. The van der Waals surface area contributed by atoms with E-state index in [0.29, 0.717) is 48.8 Å². The Morgan fingerprint density at radius 2 is 1.73 bits per heavy atom. The third-order valence-corrected chi connectivity index (χ3v) is 8.12. The number of imidazole rings is 1. The number of piperidine rings is 1. The molecule has 14 heteroatoms. The predicted molar refractivity (Wildman–Crippen MR) is 124 cm³/mol. The number of hydrogen-bond donors (Lipinski definition) is 2. The summed E-state index contributed by atoms with van der Waals surface area (Å²) in [6, 6.07) is 0.517. The van der Waals surface area contributed by atoms with Crippen molar-refractivity contribution in [1.82, 2.24) is 19.9 Å². The average molecular weight is 551 g/mol. The molecule has 1 aromatic carbocycles. The molecule has 2 saturated heterocycles. The lowest BCUT2D eigenvalue weighted by molar-refractivity contribution is 0.0709. The number of phenols is 1. The number of rotatable bonds is 4. The van der Waals surface area contributed by atoms with E-state index in [2.05, 4.69) is 15.0 Å². The van der Waals surface area contributed by atoms with Crippen LogP contribution < -0.4 is 0 Å². The van der Waals surface area contributed by atoms with Crippen molar-refractivity contribution in [2.24, 2.45) is 0 Å². The molecule has 0 bridgehead atoms. The first-order chi connectivity index (χ1) is 17.2. The molecule has 0 unspecified atom stereocenters. The number of benzene rings is 1. The fraction of sp³-hybridized carbons (Fsp3) is 0.435. The Morgan fingerprint density at radius 1 is 1.05 bits per heavy atom. The van der Waals surface area contributed by atoms with Crippen molar-refractivity contribution in [1.29, 1.82) is 0 Å². The van der Waals surface area contributed by atoms with E-state index in [1.54, 1.807) is 0 Å². The molecular formula is C23H24F6N4O3S. The molecule has 0 radical (unpaired) electrons. The molecule has 1 amide bonds. The van der Waals surface area contributed by atoms with Crippen LogP contribution in [0, 0.1) is 5.82 Å². The maximum Gasteiger partial charge on any atom is 0.310 e. The maximum absolute atomic E-state index is 14.9. The average Bonchev–Trinajstić information content (AvgIpc) is 3.27. The second kappa shape index (κ2) is 8.25. The van der Waals surface area contributed by atoms with Crippen molar-refractivity contribution in [3.05, 3.63) is 47.2 Å². The van der Waals surface area contributed by atoms with Gasteiger partial charge < -0.3 is 19.7 Å². The van der Waals surface area contributed by atoms with Crippen LogP contribution in [-0.4, -0.2) is 57.2 Å². The van der Waals surface area contributed by atoms with Crippen molar-refractivity contribution < 1.29 is 38.5 Å². The molecular weight excluding hydrogens is 526 g/mol. The van der Waals surface area contributed by atoms with Crippen LogP contribution in [0.2, 0.25) is 0 Å². The van der Waals surface area contributed by atoms with Crippen molar-refractivity contribution in [3.63, 3.8) is 0 Å². The molecule has 37 heavy (non-hydrogen) atoms. The number of H-pyrrole nitrogens is 1. The van der Waals surface area contributed by atoms with E-state index in [4.69, 9.17) is 4.74 Å². The number of carbonyl (C=O) groups is 1. The smallest absolute Gasteiger partial charge is 0.310 e. The Balaban J connectivity index is 1.33. The molecule has 2 fully saturated rings. The van der Waals surface area contributed by atoms with Crippen molar-refractivity contribution in [2.75, 3.05) is 26.3 Å². The van der Waals surface area contributed by atoms with Gasteiger partial charge in [0.15, 0.2) is 5.65 Å². The summed E-state index contributed by atoms with van der Waals surface area (Å²) in [5.41, 5.74) is 0.781. The number of aromatic hydroxyl groups is 1. The van der Waals surface area contributed by atoms with Gasteiger partial charge in [0.25, 0.3) is 5.91 Å². The SMILES string of the molecule is O=C(c1ccc(S(F)(F)(F)(F)F)cc1O)N1CCC(c2c(F)cnc3nc(C4CCOCC4)[nH]c23)CC1. The molecule has 0 aliphatic carbocycles. The predicted octanol–water partition coefficient (Wildman–Crippen LogP) is 6.37. The molecule has 2 aromatic heterocycles. The number of aromatic nitrogens is 3. The number of amides is 1. The summed E-state index contributed by atoms with van der Waals surface area (Å²) in [7, 11) is -10.0. The minimum absolute atomic E-state index is 0.0958. The van der Waals surface area contributed by atoms with E-state index in [1.165, 1.54) is 4.90 Å². The Morgan fingerprint density at radius 3 is 2.35 bits per heavy atom. The van der Waals surface area contributed by atoms with Crippen LogP contribution in [0.15, 0.2) is 29.3 Å². The van der Waals surface area contributed by atoms with Crippen molar-refractivity contribution >= 4 is 27.3 Å². The zero-order chi connectivity index (χ0) is 26.7. The Bertz CT molecular complexity index is 1370. The van der Waals surface area contributed by atoms with Gasteiger partial charge in [-0.25, -0.2) is 14.4 Å². The number of phenolic OH excluding ortho intramolecular Hbond substituents is 1. The number of ether oxygens (including phenoxy) is 1. The molecule has 5 rings (SSSR count). The van der Waals surface area contributed by atoms with Gasteiger partial charge in [0.1, 0.15) is 22.3 Å². The van der Waals surface area contributed by atoms with Gasteiger partial charge in [-0.2, -0.15) is 0 Å². The number of likely N-dealkylation sites (tertiary alicyclic amines) is 1. The lowest BCUT2D eigenvalue weighted by atomic mass is 9.88. The van der Waals surface area contributed by atoms with Crippen molar-refractivity contribution in [3.8, 4) is 5.75 Å². The Hall–Kier alpha value is -3.00. The topological polar surface area (TPSA) is 91.3 Å². The lowest BCUT2D eigenvalue weighted by Gasteiger charge is -2.40. The first-order valence-electron chi connectivity index (χ1n) is 11.7. The Labute approximate surface area is 207 Å². The van der Waals surface area contributed by atoms with E-state index in [9.17, 15) is 33.7 Å². The number of halogens is 6. The third kappa shape index (κ3) is 5.08. The molecule has 0 atom stereocenters. The van der Waals surface area contributed by atoms with E-state index >= 15 is 0 Å². The Kier molecular flexibility index (Phi) is 5.72. The molecule has 7 nitrogen and oxygen atoms in total. The highest BCUT2D eigenvalue weighted by molar-refractivity contribution is 8.45. The monoisotopic (exact) mass is 550 g/mol. The molecule has 0 saturated carbocycles. The number of pyridine rings is 1. The molecule has 202 valence electrons. The molecule has 3 aromatic rings. The van der Waals surface area contributed by atoms with E-state index in [0.717, 1.165) is 24.9 Å². The number of nitrogens with one attached hydrogen (secondary N) is 1. The molecule has 2 aliphatic heterocycles. The number of carbonyl (C=O) groups excluding carboxylic acids is 1. The molecule has 2 N–H and O–H groups in total. The number of fused-ring (bicyclic) bond motifs is 1. The third-order valence-electron chi connectivity index (χ3n) is 6.97. The largest absolute Gasteiger partial charge is 0.507 e. The van der Waals surface area contributed by atoms with Crippen LogP contribution in [-0.2, 0) is 4.74 Å². The number of hydrogen-bond acceptors (Lipinski definition) is 5. The van der Waals surface area contributed by atoms with Gasteiger partial charge in [-0.3, -0.25) is 4.79 Å². The van der Waals surface area contributed by atoms with E-state index in [1.807, 2.05) is 0 Å². The lowest BCUT2D eigenvalue weighted by Crippen LogP contribution is -2.38. The summed E-state index contributed by atoms with van der Waals surface area (Å²) in [5, 5.41) is 9.94. The number of aromatic amines is 1. The minimum atomic E-state index is -10.0. The zero-order valence-corrected chi connectivity index (χ0v) is 20.2. The zero-order valence-electron chi connectivity index (χ0n) is 19.4. The maximum atomic E-state index is 14.9. The van der Waals surface area contributed by atoms with Crippen LogP contribution in [0.4, 0.5) is 23.8 Å². The van der Waals surface area contributed by atoms with E-state index < -0.39 is 38.2 Å². The van der Waals surface area contributed by atoms with Gasteiger partial charge in [0, 0.05) is 43.9 Å². The van der Waals surface area contributed by atoms with Crippen LogP contribution in [0.5, 0.6) is 5.75 Å². The van der Waals surface area contributed by atoms with Gasteiger partial charge in [-0.05, 0) is 43.7 Å². The van der Waals surface area contributed by atoms with Crippen LogP contribution in [0.3, 0.4) is 0 Å². The van der Waals surface area contributed by atoms with Crippen LogP contribution in [0.25, 0.3) is 11.2 Å². The molecule has 0 spiro atoms. The fourth-order valence-electron chi connectivity index (χ4n) is 5.01. The molecule has 4 heterocycles. The summed E-state index contributed by atoms with van der Waals surface area (Å²) < 4.78 is 85.4. The second-order valence-electron chi connectivity index (χ2n) is 9.44. The summed E-state index contributed by atoms with van der Waals surface area (Å²) >= 11 is 0. The normalized spacial score (nSPS) is 20.1. The summed E-state index contributed by atoms with van der Waals surface area (Å²) in [5.74, 6) is -1.91. The van der Waals surface area contributed by atoms with Crippen molar-refractivity contribution in [2.45, 2.75) is 42.4 Å². The number of nitrogens with zero attached hydrogens (tertiary/aromatic N) is 3. The van der Waals surface area contributed by atoms with Crippen LogP contribution in [0.1, 0.15) is 59.3 Å². The summed E-state index contributed by atoms with van der Waals surface area (Å²) in [4.78, 5) is 23.7. The highest BCUT2D eigenvalue weighted by atomic mass is 32.5. The quantitative estimate of drug-likeness (QED) is 0.368. The molecule has 2 aliphatic rings. The first kappa shape index (κ1) is 25.6. The van der Waals surface area contributed by atoms with Gasteiger partial charge in [-0.15, -0.1) is 0 Å². The van der Waals surface area contributed by atoms with Gasteiger partial charge >= 0.3 is 10.2 Å². The minimum Gasteiger partial charge on any atom is -0.507 e. The van der Waals surface area contributed by atoms with Gasteiger partial charge in [-0.1, -0.05) is 19.4 Å².